The van der Waals surface area contributed by atoms with Crippen molar-refractivity contribution in [1.29, 1.82) is 0 Å². The van der Waals surface area contributed by atoms with Crippen molar-refractivity contribution in [2.75, 3.05) is 18.5 Å². The van der Waals surface area contributed by atoms with Gasteiger partial charge < -0.3 is 19.5 Å². The molecule has 152 valence electrons. The van der Waals surface area contributed by atoms with Gasteiger partial charge in [0.15, 0.2) is 17.2 Å². The summed E-state index contributed by atoms with van der Waals surface area (Å²) in [5.41, 5.74) is 3.41. The first-order valence-corrected chi connectivity index (χ1v) is 10.2. The number of para-hydroxylation sites is 1. The number of aryl methyl sites for hydroxylation is 1. The molecular formula is C23H21N3O4. The van der Waals surface area contributed by atoms with Crippen molar-refractivity contribution >= 4 is 11.6 Å². The van der Waals surface area contributed by atoms with Gasteiger partial charge in [-0.2, -0.15) is 5.10 Å². The number of rotatable bonds is 2. The average Bonchev–Trinajstić information content (AvgIpc) is 3.10. The van der Waals surface area contributed by atoms with Gasteiger partial charge in [-0.1, -0.05) is 12.1 Å². The highest BCUT2D eigenvalue weighted by atomic mass is 16.6. The number of hydrogen-bond acceptors (Lipinski definition) is 5. The van der Waals surface area contributed by atoms with Crippen LogP contribution in [0, 0.1) is 0 Å². The van der Waals surface area contributed by atoms with E-state index >= 15 is 0 Å². The smallest absolute Gasteiger partial charge is 0.276 e. The van der Waals surface area contributed by atoms with E-state index in [4.69, 9.17) is 14.2 Å². The molecule has 3 aliphatic rings. The summed E-state index contributed by atoms with van der Waals surface area (Å²) in [6, 6.07) is 13.4. The van der Waals surface area contributed by atoms with Crippen LogP contribution in [0.1, 0.15) is 35.3 Å². The van der Waals surface area contributed by atoms with Crippen LogP contribution in [0.3, 0.4) is 0 Å². The van der Waals surface area contributed by atoms with Crippen molar-refractivity contribution in [2.45, 2.75) is 24.9 Å². The van der Waals surface area contributed by atoms with Crippen LogP contribution in [-0.2, 0) is 12.6 Å². The maximum atomic E-state index is 13.3. The van der Waals surface area contributed by atoms with E-state index in [1.54, 1.807) is 10.7 Å². The number of fused-ring (bicyclic) bond motifs is 5. The fourth-order valence-corrected chi connectivity index (χ4v) is 4.60. The van der Waals surface area contributed by atoms with Crippen LogP contribution in [-0.4, -0.2) is 28.9 Å². The van der Waals surface area contributed by atoms with Crippen molar-refractivity contribution in [2.24, 2.45) is 7.05 Å². The molecule has 1 aromatic heterocycles. The number of hydrogen-bond donors (Lipinski definition) is 1. The summed E-state index contributed by atoms with van der Waals surface area (Å²) in [4.78, 5) is 13.3. The second-order valence-corrected chi connectivity index (χ2v) is 7.95. The van der Waals surface area contributed by atoms with E-state index in [9.17, 15) is 4.79 Å². The van der Waals surface area contributed by atoms with E-state index in [1.807, 2.05) is 43.4 Å². The van der Waals surface area contributed by atoms with Crippen molar-refractivity contribution in [1.82, 2.24) is 9.78 Å². The van der Waals surface area contributed by atoms with Gasteiger partial charge in [0.2, 0.25) is 0 Å². The number of carbonyl (C=O) groups excluding carboxylic acids is 1. The highest BCUT2D eigenvalue weighted by Crippen LogP contribution is 2.54. The van der Waals surface area contributed by atoms with Gasteiger partial charge in [-0.25, -0.2) is 0 Å². The number of amides is 1. The fraction of sp³-hybridized carbons (Fsp3) is 0.304. The van der Waals surface area contributed by atoms with E-state index in [-0.39, 0.29) is 5.91 Å². The Morgan fingerprint density at radius 2 is 1.87 bits per heavy atom. The van der Waals surface area contributed by atoms with Gasteiger partial charge in [0.1, 0.15) is 24.6 Å². The number of benzene rings is 2. The van der Waals surface area contributed by atoms with E-state index in [0.29, 0.717) is 36.1 Å². The molecule has 0 bridgehead atoms. The molecule has 6 rings (SSSR count). The van der Waals surface area contributed by atoms with Crippen LogP contribution in [0.2, 0.25) is 0 Å². The second-order valence-electron chi connectivity index (χ2n) is 7.95. The third kappa shape index (κ3) is 2.44. The molecule has 1 amide bonds. The summed E-state index contributed by atoms with van der Waals surface area (Å²) in [5.74, 6) is 1.92. The predicted molar refractivity (Wildman–Crippen MR) is 110 cm³/mol. The number of nitrogens with one attached hydrogen (secondary N) is 1. The summed E-state index contributed by atoms with van der Waals surface area (Å²) in [5, 5.41) is 7.60. The summed E-state index contributed by atoms with van der Waals surface area (Å²) < 4.78 is 19.4. The molecule has 1 spiro atoms. The molecule has 0 unspecified atom stereocenters. The molecule has 1 fully saturated rings. The molecule has 3 aromatic rings. The Morgan fingerprint density at radius 3 is 2.67 bits per heavy atom. The Balaban J connectivity index is 1.41. The Hall–Kier alpha value is -3.48. The Bertz CT molecular complexity index is 1180. The topological polar surface area (TPSA) is 74.6 Å². The van der Waals surface area contributed by atoms with Gasteiger partial charge in [0.25, 0.3) is 5.91 Å². The minimum atomic E-state index is -0.475. The second kappa shape index (κ2) is 6.26. The van der Waals surface area contributed by atoms with Gasteiger partial charge in [-0.05, 0) is 43.5 Å². The zero-order chi connectivity index (χ0) is 20.3. The zero-order valence-electron chi connectivity index (χ0n) is 16.6. The van der Waals surface area contributed by atoms with E-state index in [1.165, 1.54) is 0 Å². The Kier molecular flexibility index (Phi) is 3.63. The highest BCUT2D eigenvalue weighted by Gasteiger charge is 2.50. The number of anilines is 1. The van der Waals surface area contributed by atoms with Gasteiger partial charge in [0.05, 0.1) is 11.3 Å². The minimum Gasteiger partial charge on any atom is -0.486 e. The van der Waals surface area contributed by atoms with Crippen molar-refractivity contribution in [3.8, 4) is 28.5 Å². The summed E-state index contributed by atoms with van der Waals surface area (Å²) in [6.07, 6.45) is 2.83. The number of carbonyl (C=O) groups is 1. The standard InChI is InChI=1S/C23H21N3O4/c1-26-21-15-5-2-3-6-16(15)30-23(9-4-10-23)19(21)20(25-26)22(27)24-14-7-8-17-18(13-14)29-12-11-28-17/h2-3,5-8,13H,4,9-12H2,1H3,(H,24,27). The van der Waals surface area contributed by atoms with Crippen LogP contribution in [0.15, 0.2) is 42.5 Å². The highest BCUT2D eigenvalue weighted by molar-refractivity contribution is 6.05. The van der Waals surface area contributed by atoms with Crippen LogP contribution >= 0.6 is 0 Å². The molecule has 0 radical (unpaired) electrons. The molecule has 1 aliphatic carbocycles. The fourth-order valence-electron chi connectivity index (χ4n) is 4.60. The lowest BCUT2D eigenvalue weighted by Crippen LogP contribution is -2.43. The molecule has 0 saturated heterocycles. The first kappa shape index (κ1) is 17.4. The van der Waals surface area contributed by atoms with Crippen LogP contribution in [0.25, 0.3) is 11.3 Å². The lowest BCUT2D eigenvalue weighted by atomic mass is 9.71. The van der Waals surface area contributed by atoms with Gasteiger partial charge in [-0.3, -0.25) is 9.48 Å². The first-order chi connectivity index (χ1) is 14.6. The largest absolute Gasteiger partial charge is 0.486 e. The number of nitrogens with zero attached hydrogens (tertiary/aromatic N) is 2. The lowest BCUT2D eigenvalue weighted by Gasteiger charge is -2.45. The third-order valence-corrected chi connectivity index (χ3v) is 6.13. The van der Waals surface area contributed by atoms with E-state index in [0.717, 1.165) is 41.8 Å². The van der Waals surface area contributed by atoms with Gasteiger partial charge in [-0.15, -0.1) is 0 Å². The third-order valence-electron chi connectivity index (χ3n) is 6.13. The van der Waals surface area contributed by atoms with Crippen molar-refractivity contribution in [3.05, 3.63) is 53.7 Å². The molecule has 7 heteroatoms. The molecule has 30 heavy (non-hydrogen) atoms. The van der Waals surface area contributed by atoms with Crippen molar-refractivity contribution in [3.63, 3.8) is 0 Å². The lowest BCUT2D eigenvalue weighted by molar-refractivity contribution is -0.0150. The quantitative estimate of drug-likeness (QED) is 0.703. The summed E-state index contributed by atoms with van der Waals surface area (Å²) in [7, 11) is 1.88. The van der Waals surface area contributed by atoms with Crippen molar-refractivity contribution < 1.29 is 19.0 Å². The SMILES string of the molecule is Cn1nc(C(=O)Nc2ccc3c(c2)OCCO3)c2c1-c1ccccc1OC21CCC1. The maximum absolute atomic E-state index is 13.3. The molecule has 1 saturated carbocycles. The minimum absolute atomic E-state index is 0.252. The van der Waals surface area contributed by atoms with E-state index in [2.05, 4.69) is 10.4 Å². The predicted octanol–water partition coefficient (Wildman–Crippen LogP) is 3.88. The number of ether oxygens (including phenoxy) is 3. The summed E-state index contributed by atoms with van der Waals surface area (Å²) >= 11 is 0. The summed E-state index contributed by atoms with van der Waals surface area (Å²) in [6.45, 7) is 1.03. The first-order valence-electron chi connectivity index (χ1n) is 10.2. The number of aromatic nitrogens is 2. The molecule has 7 nitrogen and oxygen atoms in total. The van der Waals surface area contributed by atoms with Crippen LogP contribution < -0.4 is 19.5 Å². The Morgan fingerprint density at radius 1 is 1.07 bits per heavy atom. The molecule has 3 heterocycles. The average molecular weight is 403 g/mol. The molecule has 2 aliphatic heterocycles. The van der Waals surface area contributed by atoms with Gasteiger partial charge in [0, 0.05) is 24.4 Å². The monoisotopic (exact) mass is 403 g/mol. The zero-order valence-corrected chi connectivity index (χ0v) is 16.6. The maximum Gasteiger partial charge on any atom is 0.276 e. The van der Waals surface area contributed by atoms with Gasteiger partial charge >= 0.3 is 0 Å². The molecule has 2 aromatic carbocycles. The van der Waals surface area contributed by atoms with E-state index < -0.39 is 5.60 Å². The molecular weight excluding hydrogens is 382 g/mol. The molecule has 1 N–H and O–H groups in total. The van der Waals surface area contributed by atoms with Crippen LogP contribution in [0.4, 0.5) is 5.69 Å². The molecule has 0 atom stereocenters. The normalized spacial score (nSPS) is 17.4. The Labute approximate surface area is 173 Å². The van der Waals surface area contributed by atoms with Crippen LogP contribution in [0.5, 0.6) is 17.2 Å².